The van der Waals surface area contributed by atoms with Crippen molar-refractivity contribution in [3.63, 3.8) is 0 Å². The van der Waals surface area contributed by atoms with Crippen LogP contribution in [0.4, 0.5) is 0 Å². The van der Waals surface area contributed by atoms with Gasteiger partial charge in [0.2, 0.25) is 0 Å². The van der Waals surface area contributed by atoms with Crippen LogP contribution in [0.25, 0.3) is 10.9 Å². The first kappa shape index (κ1) is 11.7. The maximum absolute atomic E-state index is 9.24. The standard InChI is InChI=1S/C15H9N3S/c16-9-11-10-18-14-4-2-1-3-13(14)15(11)19-12-5-7-17-8-6-12/h1-8,10H. The first-order chi connectivity index (χ1) is 9.38. The number of pyridine rings is 2. The minimum atomic E-state index is 0.598. The van der Waals surface area contributed by atoms with Crippen LogP contribution in [0.2, 0.25) is 0 Å². The molecule has 0 unspecified atom stereocenters. The molecule has 2 aromatic heterocycles. The molecule has 1 aromatic carbocycles. The van der Waals surface area contributed by atoms with Crippen molar-refractivity contribution in [2.45, 2.75) is 9.79 Å². The maximum Gasteiger partial charge on any atom is 0.102 e. The molecule has 19 heavy (non-hydrogen) atoms. The lowest BCUT2D eigenvalue weighted by atomic mass is 10.2. The molecule has 3 aromatic rings. The molecule has 0 aliphatic carbocycles. The van der Waals surface area contributed by atoms with Crippen LogP contribution in [0.1, 0.15) is 5.56 Å². The van der Waals surface area contributed by atoms with Crippen molar-refractivity contribution in [3.8, 4) is 6.07 Å². The summed E-state index contributed by atoms with van der Waals surface area (Å²) >= 11 is 1.57. The summed E-state index contributed by atoms with van der Waals surface area (Å²) in [5.74, 6) is 0. The molecule has 0 saturated carbocycles. The fourth-order valence-corrected chi connectivity index (χ4v) is 2.81. The monoisotopic (exact) mass is 263 g/mol. The molecule has 2 heterocycles. The van der Waals surface area contributed by atoms with Gasteiger partial charge in [0.05, 0.1) is 11.1 Å². The van der Waals surface area contributed by atoms with E-state index < -0.39 is 0 Å². The van der Waals surface area contributed by atoms with Gasteiger partial charge in [0.25, 0.3) is 0 Å². The first-order valence-corrected chi connectivity index (χ1v) is 6.56. The fourth-order valence-electron chi connectivity index (χ4n) is 1.83. The SMILES string of the molecule is N#Cc1cnc2ccccc2c1Sc1ccncc1. The van der Waals surface area contributed by atoms with Crippen LogP contribution in [0.15, 0.2) is 64.8 Å². The molecule has 0 N–H and O–H groups in total. The molecule has 0 saturated heterocycles. The topological polar surface area (TPSA) is 49.6 Å². The molecule has 0 bridgehead atoms. The second kappa shape index (κ2) is 5.09. The molecule has 0 amide bonds. The number of hydrogen-bond acceptors (Lipinski definition) is 4. The number of fused-ring (bicyclic) bond motifs is 1. The van der Waals surface area contributed by atoms with Crippen LogP contribution in [0.3, 0.4) is 0 Å². The molecule has 3 nitrogen and oxygen atoms in total. The number of benzene rings is 1. The molecule has 90 valence electrons. The third-order valence-electron chi connectivity index (χ3n) is 2.72. The van der Waals surface area contributed by atoms with Gasteiger partial charge in [-0.15, -0.1) is 0 Å². The van der Waals surface area contributed by atoms with Crippen LogP contribution in [-0.4, -0.2) is 9.97 Å². The van der Waals surface area contributed by atoms with Crippen LogP contribution < -0.4 is 0 Å². The van der Waals surface area contributed by atoms with Crippen LogP contribution >= 0.6 is 11.8 Å². The van der Waals surface area contributed by atoms with Gasteiger partial charge >= 0.3 is 0 Å². The second-order valence-corrected chi connectivity index (χ2v) is 5.00. The van der Waals surface area contributed by atoms with E-state index in [9.17, 15) is 5.26 Å². The Bertz CT molecular complexity index is 763. The molecule has 0 aliphatic rings. The van der Waals surface area contributed by atoms with Crippen molar-refractivity contribution in [1.29, 1.82) is 5.26 Å². The molecule has 0 fully saturated rings. The normalized spacial score (nSPS) is 10.3. The second-order valence-electron chi connectivity index (χ2n) is 3.91. The number of nitriles is 1. The highest BCUT2D eigenvalue weighted by molar-refractivity contribution is 7.99. The Balaban J connectivity index is 2.18. The van der Waals surface area contributed by atoms with Crippen molar-refractivity contribution in [2.24, 2.45) is 0 Å². The highest BCUT2D eigenvalue weighted by Crippen LogP contribution is 2.34. The highest BCUT2D eigenvalue weighted by atomic mass is 32.2. The van der Waals surface area contributed by atoms with Gasteiger partial charge in [-0.05, 0) is 18.2 Å². The average Bonchev–Trinajstić information content (AvgIpc) is 2.49. The van der Waals surface area contributed by atoms with E-state index in [1.165, 1.54) is 0 Å². The number of aromatic nitrogens is 2. The Labute approximate surface area is 114 Å². The highest BCUT2D eigenvalue weighted by Gasteiger charge is 2.09. The zero-order chi connectivity index (χ0) is 13.1. The maximum atomic E-state index is 9.24. The van der Waals surface area contributed by atoms with Crippen LogP contribution in [0, 0.1) is 11.3 Å². The third-order valence-corrected chi connectivity index (χ3v) is 3.87. The molecule has 4 heteroatoms. The number of para-hydroxylation sites is 1. The van der Waals surface area contributed by atoms with E-state index in [4.69, 9.17) is 0 Å². The van der Waals surface area contributed by atoms with Gasteiger partial charge in [0.15, 0.2) is 0 Å². The Morgan fingerprint density at radius 1 is 1.05 bits per heavy atom. The van der Waals surface area contributed by atoms with Gasteiger partial charge in [0, 0.05) is 33.8 Å². The van der Waals surface area contributed by atoms with E-state index in [-0.39, 0.29) is 0 Å². The fraction of sp³-hybridized carbons (Fsp3) is 0. The van der Waals surface area contributed by atoms with E-state index in [1.807, 2.05) is 36.4 Å². The minimum absolute atomic E-state index is 0.598. The average molecular weight is 263 g/mol. The lowest BCUT2D eigenvalue weighted by Crippen LogP contribution is -1.88. The molecule has 0 aliphatic heterocycles. The molecule has 0 radical (unpaired) electrons. The predicted octanol–water partition coefficient (Wildman–Crippen LogP) is 3.65. The minimum Gasteiger partial charge on any atom is -0.265 e. The molecule has 3 rings (SSSR count). The van der Waals surface area contributed by atoms with Crippen LogP contribution in [0.5, 0.6) is 0 Å². The van der Waals surface area contributed by atoms with Crippen LogP contribution in [-0.2, 0) is 0 Å². The summed E-state index contributed by atoms with van der Waals surface area (Å²) in [5, 5.41) is 10.2. The zero-order valence-corrected chi connectivity index (χ0v) is 10.8. The summed E-state index contributed by atoms with van der Waals surface area (Å²) in [6.07, 6.45) is 5.13. The summed E-state index contributed by atoms with van der Waals surface area (Å²) in [7, 11) is 0. The van der Waals surface area contributed by atoms with E-state index in [2.05, 4.69) is 16.0 Å². The van der Waals surface area contributed by atoms with Gasteiger partial charge in [0.1, 0.15) is 6.07 Å². The Kier molecular flexibility index (Phi) is 3.13. The van der Waals surface area contributed by atoms with Crippen molar-refractivity contribution < 1.29 is 0 Å². The van der Waals surface area contributed by atoms with Gasteiger partial charge in [-0.25, -0.2) is 0 Å². The molecular weight excluding hydrogens is 254 g/mol. The van der Waals surface area contributed by atoms with E-state index in [0.717, 1.165) is 20.7 Å². The number of rotatable bonds is 2. The zero-order valence-electron chi connectivity index (χ0n) is 9.95. The quantitative estimate of drug-likeness (QED) is 0.708. The summed E-state index contributed by atoms with van der Waals surface area (Å²) in [5.41, 5.74) is 1.50. The van der Waals surface area contributed by atoms with Crippen molar-refractivity contribution in [1.82, 2.24) is 9.97 Å². The van der Waals surface area contributed by atoms with E-state index in [1.54, 1.807) is 30.4 Å². The summed E-state index contributed by atoms with van der Waals surface area (Å²) < 4.78 is 0. The smallest absolute Gasteiger partial charge is 0.102 e. The van der Waals surface area contributed by atoms with Gasteiger partial charge in [-0.2, -0.15) is 5.26 Å². The predicted molar refractivity (Wildman–Crippen MR) is 74.8 cm³/mol. The molecule has 0 atom stereocenters. The van der Waals surface area contributed by atoms with Gasteiger partial charge < -0.3 is 0 Å². The summed E-state index contributed by atoms with van der Waals surface area (Å²) in [6, 6.07) is 13.9. The van der Waals surface area contributed by atoms with E-state index in [0.29, 0.717) is 5.56 Å². The summed E-state index contributed by atoms with van der Waals surface area (Å²) in [6.45, 7) is 0. The Morgan fingerprint density at radius 2 is 1.84 bits per heavy atom. The van der Waals surface area contributed by atoms with Gasteiger partial charge in [-0.3, -0.25) is 9.97 Å². The van der Waals surface area contributed by atoms with E-state index >= 15 is 0 Å². The molecule has 0 spiro atoms. The third kappa shape index (κ3) is 2.28. The first-order valence-electron chi connectivity index (χ1n) is 5.74. The lowest BCUT2D eigenvalue weighted by molar-refractivity contribution is 1.25. The number of nitrogens with zero attached hydrogens (tertiary/aromatic N) is 3. The summed E-state index contributed by atoms with van der Waals surface area (Å²) in [4.78, 5) is 10.3. The Morgan fingerprint density at radius 3 is 2.63 bits per heavy atom. The van der Waals surface area contributed by atoms with Crippen molar-refractivity contribution in [2.75, 3.05) is 0 Å². The van der Waals surface area contributed by atoms with Crippen molar-refractivity contribution in [3.05, 3.63) is 60.6 Å². The Hall–Kier alpha value is -2.38. The van der Waals surface area contributed by atoms with Gasteiger partial charge in [-0.1, -0.05) is 30.0 Å². The number of hydrogen-bond donors (Lipinski definition) is 0. The molecular formula is C15H9N3S. The largest absolute Gasteiger partial charge is 0.265 e. The van der Waals surface area contributed by atoms with Crippen molar-refractivity contribution >= 4 is 22.7 Å². The lowest BCUT2D eigenvalue weighted by Gasteiger charge is -2.07.